The zero-order valence-electron chi connectivity index (χ0n) is 12.1. The summed E-state index contributed by atoms with van der Waals surface area (Å²) in [5.41, 5.74) is -0.284. The quantitative estimate of drug-likeness (QED) is 0.808. The van der Waals surface area contributed by atoms with Crippen LogP contribution in [0.3, 0.4) is 0 Å². The van der Waals surface area contributed by atoms with E-state index in [4.69, 9.17) is 9.47 Å². The second-order valence-corrected chi connectivity index (χ2v) is 7.75. The fraction of sp³-hybridized carbons (Fsp3) is 0.643. The van der Waals surface area contributed by atoms with E-state index in [9.17, 15) is 8.42 Å². The van der Waals surface area contributed by atoms with Crippen molar-refractivity contribution in [3.63, 3.8) is 0 Å². The standard InChI is InChI=1S/C14H20N2O4S/c1-19-6-4-12-7-14(20-9-12)10-16(11-14)21(17,18)13-3-2-5-15-8-13/h2-3,5,8,12H,4,6-7,9-11H2,1H3. The number of pyridine rings is 1. The van der Waals surface area contributed by atoms with E-state index in [1.165, 1.54) is 10.5 Å². The number of rotatable bonds is 5. The highest BCUT2D eigenvalue weighted by Gasteiger charge is 2.53. The number of nitrogens with zero attached hydrogens (tertiary/aromatic N) is 2. The van der Waals surface area contributed by atoms with Gasteiger partial charge in [0.25, 0.3) is 0 Å². The molecular weight excluding hydrogens is 292 g/mol. The minimum Gasteiger partial charge on any atom is -0.385 e. The molecule has 6 nitrogen and oxygen atoms in total. The first-order valence-corrected chi connectivity index (χ1v) is 8.53. The third-order valence-electron chi connectivity index (χ3n) is 4.22. The SMILES string of the molecule is COCCC1COC2(C1)CN(S(=O)(=O)c1cccnc1)C2. The van der Waals surface area contributed by atoms with Crippen LogP contribution < -0.4 is 0 Å². The van der Waals surface area contributed by atoms with Crippen LogP contribution in [0, 0.1) is 5.92 Å². The molecule has 1 aromatic rings. The third-order valence-corrected chi connectivity index (χ3v) is 5.99. The zero-order chi connectivity index (χ0) is 14.9. The molecule has 0 N–H and O–H groups in total. The van der Waals surface area contributed by atoms with Gasteiger partial charge in [-0.25, -0.2) is 8.42 Å². The van der Waals surface area contributed by atoms with Crippen LogP contribution in [0.15, 0.2) is 29.4 Å². The van der Waals surface area contributed by atoms with E-state index < -0.39 is 10.0 Å². The van der Waals surface area contributed by atoms with Crippen molar-refractivity contribution in [3.8, 4) is 0 Å². The summed E-state index contributed by atoms with van der Waals surface area (Å²) in [5.74, 6) is 0.466. The molecule has 1 unspecified atom stereocenters. The lowest BCUT2D eigenvalue weighted by Gasteiger charge is -2.45. The van der Waals surface area contributed by atoms with Crippen LogP contribution in [0.1, 0.15) is 12.8 Å². The van der Waals surface area contributed by atoms with Gasteiger partial charge in [0.05, 0.1) is 12.2 Å². The summed E-state index contributed by atoms with van der Waals surface area (Å²) in [7, 11) is -1.74. The van der Waals surface area contributed by atoms with E-state index in [1.807, 2.05) is 0 Å². The summed E-state index contributed by atoms with van der Waals surface area (Å²) >= 11 is 0. The maximum Gasteiger partial charge on any atom is 0.244 e. The second kappa shape index (κ2) is 5.64. The maximum absolute atomic E-state index is 12.4. The van der Waals surface area contributed by atoms with Gasteiger partial charge in [-0.15, -0.1) is 0 Å². The van der Waals surface area contributed by atoms with Gasteiger partial charge in [-0.1, -0.05) is 0 Å². The molecule has 0 bridgehead atoms. The van der Waals surface area contributed by atoms with Crippen LogP contribution >= 0.6 is 0 Å². The molecule has 2 aliphatic rings. The maximum atomic E-state index is 12.4. The predicted molar refractivity (Wildman–Crippen MR) is 76.3 cm³/mol. The van der Waals surface area contributed by atoms with Gasteiger partial charge in [0, 0.05) is 39.2 Å². The molecule has 0 aromatic carbocycles. The Balaban J connectivity index is 1.61. The highest BCUT2D eigenvalue weighted by atomic mass is 32.2. The van der Waals surface area contributed by atoms with E-state index in [0.717, 1.165) is 19.4 Å². The normalized spacial score (nSPS) is 25.1. The molecule has 3 rings (SSSR count). The first-order chi connectivity index (χ1) is 10.1. The molecule has 2 aliphatic heterocycles. The molecule has 0 aliphatic carbocycles. The average molecular weight is 312 g/mol. The molecule has 1 atom stereocenters. The molecule has 116 valence electrons. The fourth-order valence-electron chi connectivity index (χ4n) is 3.04. The van der Waals surface area contributed by atoms with Gasteiger partial charge in [-0.2, -0.15) is 4.31 Å². The number of hydrogen-bond donors (Lipinski definition) is 0. The van der Waals surface area contributed by atoms with Crippen molar-refractivity contribution in [2.24, 2.45) is 5.92 Å². The van der Waals surface area contributed by atoms with Gasteiger partial charge < -0.3 is 9.47 Å². The van der Waals surface area contributed by atoms with Crippen LogP contribution in [0.25, 0.3) is 0 Å². The van der Waals surface area contributed by atoms with Crippen LogP contribution in [0.2, 0.25) is 0 Å². The average Bonchev–Trinajstić information content (AvgIpc) is 2.89. The van der Waals surface area contributed by atoms with E-state index >= 15 is 0 Å². The lowest BCUT2D eigenvalue weighted by atomic mass is 9.88. The molecule has 0 amide bonds. The molecule has 2 fully saturated rings. The van der Waals surface area contributed by atoms with Crippen LogP contribution in [-0.4, -0.2) is 56.7 Å². The number of methoxy groups -OCH3 is 1. The minimum atomic E-state index is -3.43. The van der Waals surface area contributed by atoms with Gasteiger partial charge >= 0.3 is 0 Å². The number of aromatic nitrogens is 1. The minimum absolute atomic E-state index is 0.244. The Kier molecular flexibility index (Phi) is 4.00. The molecule has 2 saturated heterocycles. The van der Waals surface area contributed by atoms with Crippen molar-refractivity contribution >= 4 is 10.0 Å². The Hall–Kier alpha value is -1.02. The van der Waals surface area contributed by atoms with Crippen LogP contribution in [0.4, 0.5) is 0 Å². The van der Waals surface area contributed by atoms with E-state index in [-0.39, 0.29) is 10.5 Å². The van der Waals surface area contributed by atoms with Gasteiger partial charge in [-0.3, -0.25) is 4.98 Å². The van der Waals surface area contributed by atoms with Gasteiger partial charge in [0.2, 0.25) is 10.0 Å². The van der Waals surface area contributed by atoms with Crippen LogP contribution in [0.5, 0.6) is 0 Å². The highest BCUT2D eigenvalue weighted by Crippen LogP contribution is 2.41. The summed E-state index contributed by atoms with van der Waals surface area (Å²) < 4.78 is 37.3. The molecule has 1 spiro atoms. The van der Waals surface area contributed by atoms with E-state index in [2.05, 4.69) is 4.98 Å². The molecule has 0 saturated carbocycles. The van der Waals surface area contributed by atoms with Crippen molar-refractivity contribution in [2.75, 3.05) is 33.4 Å². The predicted octanol–water partition coefficient (Wildman–Crippen LogP) is 0.898. The first-order valence-electron chi connectivity index (χ1n) is 7.09. The lowest BCUT2D eigenvalue weighted by Crippen LogP contribution is -2.63. The van der Waals surface area contributed by atoms with Crippen LogP contribution in [-0.2, 0) is 19.5 Å². The largest absolute Gasteiger partial charge is 0.385 e. The molecule has 3 heterocycles. The van der Waals surface area contributed by atoms with Crippen molar-refractivity contribution in [2.45, 2.75) is 23.3 Å². The van der Waals surface area contributed by atoms with Gasteiger partial charge in [0.1, 0.15) is 4.90 Å². The Morgan fingerprint density at radius 3 is 3.00 bits per heavy atom. The summed E-state index contributed by atoms with van der Waals surface area (Å²) in [6.07, 6.45) is 4.83. The Morgan fingerprint density at radius 1 is 1.52 bits per heavy atom. The smallest absolute Gasteiger partial charge is 0.244 e. The summed E-state index contributed by atoms with van der Waals surface area (Å²) in [6.45, 7) is 2.30. The van der Waals surface area contributed by atoms with Crippen molar-refractivity contribution in [3.05, 3.63) is 24.5 Å². The Labute approximate surface area is 125 Å². The molecular formula is C14H20N2O4S. The fourth-order valence-corrected chi connectivity index (χ4v) is 4.60. The van der Waals surface area contributed by atoms with E-state index in [1.54, 1.807) is 25.4 Å². The van der Waals surface area contributed by atoms with Gasteiger partial charge in [-0.05, 0) is 30.9 Å². The summed E-state index contributed by atoms with van der Waals surface area (Å²) in [4.78, 5) is 4.12. The van der Waals surface area contributed by atoms with Crippen molar-refractivity contribution in [1.29, 1.82) is 0 Å². The molecule has 21 heavy (non-hydrogen) atoms. The first kappa shape index (κ1) is 14.9. The Bertz CT molecular complexity index is 584. The molecule has 7 heteroatoms. The number of sulfonamides is 1. The monoisotopic (exact) mass is 312 g/mol. The lowest BCUT2D eigenvalue weighted by molar-refractivity contribution is -0.0773. The highest BCUT2D eigenvalue weighted by molar-refractivity contribution is 7.89. The van der Waals surface area contributed by atoms with Gasteiger partial charge in [0.15, 0.2) is 0 Å². The Morgan fingerprint density at radius 2 is 2.33 bits per heavy atom. The zero-order valence-corrected chi connectivity index (χ0v) is 12.9. The summed E-state index contributed by atoms with van der Waals surface area (Å²) in [6, 6.07) is 3.21. The van der Waals surface area contributed by atoms with Crippen molar-refractivity contribution < 1.29 is 17.9 Å². The number of hydrogen-bond acceptors (Lipinski definition) is 5. The summed E-state index contributed by atoms with van der Waals surface area (Å²) in [5, 5.41) is 0. The molecule has 0 radical (unpaired) electrons. The van der Waals surface area contributed by atoms with Crippen molar-refractivity contribution in [1.82, 2.24) is 9.29 Å². The number of ether oxygens (including phenoxy) is 2. The third kappa shape index (κ3) is 2.83. The topological polar surface area (TPSA) is 68.7 Å². The van der Waals surface area contributed by atoms with E-state index in [0.29, 0.717) is 25.6 Å². The second-order valence-electron chi connectivity index (χ2n) is 5.81. The molecule has 1 aromatic heterocycles.